The maximum atomic E-state index is 11.6. The standard InChI is InChI=1S/C11H23N3O2/c1-3-14-6-4-9(5-7-14)13-11(15)10(12)8-16-2/h9-10H,3-8,12H2,1-2H3,(H,13,15). The van der Waals surface area contributed by atoms with Gasteiger partial charge in [-0.3, -0.25) is 4.79 Å². The molecule has 1 saturated heterocycles. The molecule has 1 amide bonds. The highest BCUT2D eigenvalue weighted by molar-refractivity contribution is 5.81. The number of amides is 1. The summed E-state index contributed by atoms with van der Waals surface area (Å²) >= 11 is 0. The van der Waals surface area contributed by atoms with Gasteiger partial charge in [-0.25, -0.2) is 0 Å². The molecule has 1 rings (SSSR count). The van der Waals surface area contributed by atoms with Gasteiger partial charge in [-0.1, -0.05) is 6.92 Å². The first-order valence-electron chi connectivity index (χ1n) is 5.94. The molecule has 0 aromatic rings. The molecule has 0 saturated carbocycles. The van der Waals surface area contributed by atoms with E-state index in [9.17, 15) is 4.79 Å². The minimum Gasteiger partial charge on any atom is -0.383 e. The summed E-state index contributed by atoms with van der Waals surface area (Å²) in [7, 11) is 1.55. The lowest BCUT2D eigenvalue weighted by Crippen LogP contribution is -2.50. The summed E-state index contributed by atoms with van der Waals surface area (Å²) < 4.78 is 4.85. The van der Waals surface area contributed by atoms with Crippen LogP contribution in [0.3, 0.4) is 0 Å². The van der Waals surface area contributed by atoms with Gasteiger partial charge in [-0.05, 0) is 19.4 Å². The summed E-state index contributed by atoms with van der Waals surface area (Å²) in [6.45, 7) is 5.64. The Kier molecular flexibility index (Phi) is 5.73. The van der Waals surface area contributed by atoms with Crippen molar-refractivity contribution < 1.29 is 9.53 Å². The fourth-order valence-corrected chi connectivity index (χ4v) is 1.96. The number of piperidine rings is 1. The van der Waals surface area contributed by atoms with E-state index in [1.807, 2.05) is 0 Å². The highest BCUT2D eigenvalue weighted by Crippen LogP contribution is 2.09. The molecule has 1 fully saturated rings. The number of likely N-dealkylation sites (tertiary alicyclic amines) is 1. The zero-order valence-electron chi connectivity index (χ0n) is 10.2. The van der Waals surface area contributed by atoms with E-state index in [0.29, 0.717) is 0 Å². The van der Waals surface area contributed by atoms with Crippen LogP contribution in [-0.4, -0.2) is 56.2 Å². The molecule has 1 aliphatic rings. The highest BCUT2D eigenvalue weighted by Gasteiger charge is 2.22. The molecular weight excluding hydrogens is 206 g/mol. The van der Waals surface area contributed by atoms with Gasteiger partial charge in [0.2, 0.25) is 5.91 Å². The largest absolute Gasteiger partial charge is 0.383 e. The molecule has 1 unspecified atom stereocenters. The van der Waals surface area contributed by atoms with Crippen molar-refractivity contribution in [3.8, 4) is 0 Å². The van der Waals surface area contributed by atoms with Gasteiger partial charge in [-0.15, -0.1) is 0 Å². The number of carbonyl (C=O) groups is 1. The molecule has 0 aromatic heterocycles. The average Bonchev–Trinajstić information content (AvgIpc) is 2.30. The number of nitrogens with two attached hydrogens (primary N) is 1. The lowest BCUT2D eigenvalue weighted by Gasteiger charge is -2.31. The fourth-order valence-electron chi connectivity index (χ4n) is 1.96. The minimum absolute atomic E-state index is 0.100. The zero-order valence-corrected chi connectivity index (χ0v) is 10.2. The van der Waals surface area contributed by atoms with Crippen LogP contribution in [0.4, 0.5) is 0 Å². The summed E-state index contributed by atoms with van der Waals surface area (Å²) in [6.07, 6.45) is 2.03. The second kappa shape index (κ2) is 6.83. The molecule has 3 N–H and O–H groups in total. The number of hydrogen-bond acceptors (Lipinski definition) is 4. The first-order valence-corrected chi connectivity index (χ1v) is 5.94. The summed E-state index contributed by atoms with van der Waals surface area (Å²) in [4.78, 5) is 14.0. The maximum absolute atomic E-state index is 11.6. The Morgan fingerprint density at radius 3 is 2.69 bits per heavy atom. The van der Waals surface area contributed by atoms with Crippen LogP contribution in [0.1, 0.15) is 19.8 Å². The quantitative estimate of drug-likeness (QED) is 0.671. The first-order chi connectivity index (χ1) is 7.67. The summed E-state index contributed by atoms with van der Waals surface area (Å²) in [5, 5.41) is 2.98. The molecular formula is C11H23N3O2. The van der Waals surface area contributed by atoms with Crippen molar-refractivity contribution in [2.45, 2.75) is 31.8 Å². The van der Waals surface area contributed by atoms with Crippen LogP contribution in [0.15, 0.2) is 0 Å². The third-order valence-corrected chi connectivity index (χ3v) is 3.06. The maximum Gasteiger partial charge on any atom is 0.239 e. The summed E-state index contributed by atoms with van der Waals surface area (Å²) in [5.74, 6) is -0.100. The van der Waals surface area contributed by atoms with Gasteiger partial charge < -0.3 is 20.7 Å². The predicted molar refractivity (Wildman–Crippen MR) is 63.1 cm³/mol. The van der Waals surface area contributed by atoms with Crippen molar-refractivity contribution in [1.29, 1.82) is 0 Å². The normalized spacial score (nSPS) is 20.7. The summed E-state index contributed by atoms with van der Waals surface area (Å²) in [6, 6.07) is -0.271. The smallest absolute Gasteiger partial charge is 0.239 e. The lowest BCUT2D eigenvalue weighted by molar-refractivity contribution is -0.124. The molecule has 0 spiro atoms. The van der Waals surface area contributed by atoms with E-state index in [2.05, 4.69) is 17.1 Å². The minimum atomic E-state index is -0.547. The Morgan fingerprint density at radius 2 is 2.19 bits per heavy atom. The van der Waals surface area contributed by atoms with E-state index in [-0.39, 0.29) is 18.6 Å². The van der Waals surface area contributed by atoms with Gasteiger partial charge in [0.1, 0.15) is 6.04 Å². The molecule has 16 heavy (non-hydrogen) atoms. The van der Waals surface area contributed by atoms with Crippen LogP contribution >= 0.6 is 0 Å². The number of rotatable bonds is 5. The monoisotopic (exact) mass is 229 g/mol. The van der Waals surface area contributed by atoms with Crippen molar-refractivity contribution >= 4 is 5.91 Å². The van der Waals surface area contributed by atoms with Gasteiger partial charge in [0.25, 0.3) is 0 Å². The van der Waals surface area contributed by atoms with E-state index >= 15 is 0 Å². The molecule has 1 aliphatic heterocycles. The SMILES string of the molecule is CCN1CCC(NC(=O)C(N)COC)CC1. The van der Waals surface area contributed by atoms with Crippen LogP contribution in [-0.2, 0) is 9.53 Å². The van der Waals surface area contributed by atoms with Crippen LogP contribution in [0.5, 0.6) is 0 Å². The number of nitrogens with one attached hydrogen (secondary N) is 1. The number of ether oxygens (including phenoxy) is 1. The Labute approximate surface area is 97.3 Å². The number of methoxy groups -OCH3 is 1. The van der Waals surface area contributed by atoms with Crippen molar-refractivity contribution in [2.24, 2.45) is 5.73 Å². The topological polar surface area (TPSA) is 67.6 Å². The van der Waals surface area contributed by atoms with Crippen LogP contribution < -0.4 is 11.1 Å². The van der Waals surface area contributed by atoms with Crippen molar-refractivity contribution in [3.05, 3.63) is 0 Å². The average molecular weight is 229 g/mol. The number of nitrogens with zero attached hydrogens (tertiary/aromatic N) is 1. The van der Waals surface area contributed by atoms with E-state index in [1.165, 1.54) is 0 Å². The number of hydrogen-bond donors (Lipinski definition) is 2. The second-order valence-electron chi connectivity index (χ2n) is 4.28. The molecule has 0 bridgehead atoms. The molecule has 5 heteroatoms. The van der Waals surface area contributed by atoms with Crippen LogP contribution in [0, 0.1) is 0 Å². The predicted octanol–water partition coefficient (Wildman–Crippen LogP) is -0.439. The summed E-state index contributed by atoms with van der Waals surface area (Å²) in [5.41, 5.74) is 5.65. The third kappa shape index (κ3) is 4.08. The van der Waals surface area contributed by atoms with Gasteiger partial charge in [0.15, 0.2) is 0 Å². The van der Waals surface area contributed by atoms with E-state index < -0.39 is 6.04 Å². The van der Waals surface area contributed by atoms with Gasteiger partial charge in [0, 0.05) is 26.2 Å². The van der Waals surface area contributed by atoms with Gasteiger partial charge in [-0.2, -0.15) is 0 Å². The zero-order chi connectivity index (χ0) is 12.0. The highest BCUT2D eigenvalue weighted by atomic mass is 16.5. The van der Waals surface area contributed by atoms with Crippen molar-refractivity contribution in [3.63, 3.8) is 0 Å². The van der Waals surface area contributed by atoms with Crippen molar-refractivity contribution in [1.82, 2.24) is 10.2 Å². The first kappa shape index (κ1) is 13.4. The molecule has 1 heterocycles. The molecule has 0 aliphatic carbocycles. The van der Waals surface area contributed by atoms with Gasteiger partial charge in [0.05, 0.1) is 6.61 Å². The molecule has 1 atom stereocenters. The Bertz CT molecular complexity index is 215. The molecule has 0 aromatic carbocycles. The third-order valence-electron chi connectivity index (χ3n) is 3.06. The Hall–Kier alpha value is -0.650. The number of carbonyl (C=O) groups excluding carboxylic acids is 1. The molecule has 0 radical (unpaired) electrons. The van der Waals surface area contributed by atoms with E-state index in [0.717, 1.165) is 32.5 Å². The molecule has 94 valence electrons. The Morgan fingerprint density at radius 1 is 1.56 bits per heavy atom. The van der Waals surface area contributed by atoms with E-state index in [4.69, 9.17) is 10.5 Å². The second-order valence-corrected chi connectivity index (χ2v) is 4.28. The lowest BCUT2D eigenvalue weighted by atomic mass is 10.0. The van der Waals surface area contributed by atoms with Crippen LogP contribution in [0.25, 0.3) is 0 Å². The van der Waals surface area contributed by atoms with Crippen molar-refractivity contribution in [2.75, 3.05) is 33.4 Å². The van der Waals surface area contributed by atoms with Crippen LogP contribution in [0.2, 0.25) is 0 Å². The Balaban J connectivity index is 2.25. The van der Waals surface area contributed by atoms with E-state index in [1.54, 1.807) is 7.11 Å². The van der Waals surface area contributed by atoms with Gasteiger partial charge >= 0.3 is 0 Å². The molecule has 5 nitrogen and oxygen atoms in total. The fraction of sp³-hybridized carbons (Fsp3) is 0.909.